The summed E-state index contributed by atoms with van der Waals surface area (Å²) in [5, 5.41) is 3.01. The first-order chi connectivity index (χ1) is 7.20. The summed E-state index contributed by atoms with van der Waals surface area (Å²) in [5.41, 5.74) is 0. The molecule has 1 fully saturated rings. The number of likely N-dealkylation sites (tertiary alicyclic amines) is 1. The molecule has 1 unspecified atom stereocenters. The van der Waals surface area contributed by atoms with E-state index in [1.54, 1.807) is 7.11 Å². The number of hydrogen-bond donors (Lipinski definition) is 1. The van der Waals surface area contributed by atoms with Gasteiger partial charge in [-0.2, -0.15) is 0 Å². The van der Waals surface area contributed by atoms with Crippen molar-refractivity contribution in [2.24, 2.45) is 0 Å². The van der Waals surface area contributed by atoms with Crippen LogP contribution in [-0.2, 0) is 14.3 Å². The number of nitrogens with one attached hydrogen (secondary N) is 1. The van der Waals surface area contributed by atoms with Gasteiger partial charge in [0.25, 0.3) is 0 Å². The molecule has 1 aliphatic heterocycles. The highest BCUT2D eigenvalue weighted by Crippen LogP contribution is 2.12. The van der Waals surface area contributed by atoms with Crippen LogP contribution in [0.15, 0.2) is 0 Å². The molecule has 1 heterocycles. The van der Waals surface area contributed by atoms with Crippen molar-refractivity contribution in [2.75, 3.05) is 26.8 Å². The van der Waals surface area contributed by atoms with Crippen molar-refractivity contribution >= 4 is 11.8 Å². The van der Waals surface area contributed by atoms with Gasteiger partial charge in [-0.25, -0.2) is 0 Å². The quantitative estimate of drug-likeness (QED) is 0.490. The van der Waals surface area contributed by atoms with Crippen LogP contribution in [0.2, 0.25) is 0 Å². The molecular formula is C10H18N2O3. The van der Waals surface area contributed by atoms with Gasteiger partial charge in [0.15, 0.2) is 0 Å². The van der Waals surface area contributed by atoms with E-state index < -0.39 is 0 Å². The minimum atomic E-state index is -0.348. The van der Waals surface area contributed by atoms with E-state index in [2.05, 4.69) is 5.32 Å². The number of rotatable bonds is 6. The Kier molecular flexibility index (Phi) is 4.71. The van der Waals surface area contributed by atoms with Gasteiger partial charge in [0.2, 0.25) is 11.8 Å². The number of ether oxygens (including phenoxy) is 1. The highest BCUT2D eigenvalue weighted by molar-refractivity contribution is 6.05. The van der Waals surface area contributed by atoms with Crippen molar-refractivity contribution < 1.29 is 14.3 Å². The molecule has 2 amide bonds. The first-order valence-electron chi connectivity index (χ1n) is 5.27. The minimum absolute atomic E-state index is 0.0724. The van der Waals surface area contributed by atoms with Gasteiger partial charge in [-0.05, 0) is 6.42 Å². The predicted molar refractivity (Wildman–Crippen MR) is 55.3 cm³/mol. The standard InChI is InChI=1S/C10H18N2O3/c1-3-5-12-9(13)7-8(10(12)14)11-4-6-15-2/h8,11H,3-7H2,1-2H3. The minimum Gasteiger partial charge on any atom is -0.383 e. The number of carbonyl (C=O) groups excluding carboxylic acids is 2. The monoisotopic (exact) mass is 214 g/mol. The molecular weight excluding hydrogens is 196 g/mol. The van der Waals surface area contributed by atoms with Gasteiger partial charge in [0, 0.05) is 20.2 Å². The average molecular weight is 214 g/mol. The first-order valence-corrected chi connectivity index (χ1v) is 5.27. The summed E-state index contributed by atoms with van der Waals surface area (Å²) in [6.07, 6.45) is 1.09. The molecule has 5 heteroatoms. The maximum Gasteiger partial charge on any atom is 0.246 e. The Balaban J connectivity index is 2.42. The largest absolute Gasteiger partial charge is 0.383 e. The zero-order valence-corrected chi connectivity index (χ0v) is 9.28. The molecule has 0 radical (unpaired) electrons. The summed E-state index contributed by atoms with van der Waals surface area (Å²) in [6.45, 7) is 3.62. The molecule has 0 aromatic carbocycles. The van der Waals surface area contributed by atoms with Crippen LogP contribution in [0.25, 0.3) is 0 Å². The third-order valence-electron chi connectivity index (χ3n) is 2.39. The maximum absolute atomic E-state index is 11.7. The molecule has 1 rings (SSSR count). The van der Waals surface area contributed by atoms with Crippen LogP contribution in [0, 0.1) is 0 Å². The van der Waals surface area contributed by atoms with Gasteiger partial charge in [-0.3, -0.25) is 14.5 Å². The molecule has 0 bridgehead atoms. The van der Waals surface area contributed by atoms with Crippen LogP contribution >= 0.6 is 0 Å². The van der Waals surface area contributed by atoms with E-state index in [4.69, 9.17) is 4.74 Å². The Labute approximate surface area is 89.8 Å². The third-order valence-corrected chi connectivity index (χ3v) is 2.39. The van der Waals surface area contributed by atoms with Crippen LogP contribution in [0.5, 0.6) is 0 Å². The van der Waals surface area contributed by atoms with Crippen LogP contribution in [0.1, 0.15) is 19.8 Å². The highest BCUT2D eigenvalue weighted by atomic mass is 16.5. The van der Waals surface area contributed by atoms with Crippen LogP contribution in [0.3, 0.4) is 0 Å². The highest BCUT2D eigenvalue weighted by Gasteiger charge is 2.37. The average Bonchev–Trinajstić information content (AvgIpc) is 2.47. The number of hydrogen-bond acceptors (Lipinski definition) is 4. The Morgan fingerprint density at radius 3 is 2.87 bits per heavy atom. The van der Waals surface area contributed by atoms with E-state index in [9.17, 15) is 9.59 Å². The first kappa shape index (κ1) is 12.1. The third kappa shape index (κ3) is 3.00. The van der Waals surface area contributed by atoms with Crippen molar-refractivity contribution in [1.82, 2.24) is 10.2 Å². The van der Waals surface area contributed by atoms with Gasteiger partial charge >= 0.3 is 0 Å². The number of imide groups is 1. The van der Waals surface area contributed by atoms with Gasteiger partial charge in [0.1, 0.15) is 0 Å². The lowest BCUT2D eigenvalue weighted by atomic mass is 10.2. The zero-order chi connectivity index (χ0) is 11.3. The fourth-order valence-electron chi connectivity index (χ4n) is 1.64. The summed E-state index contributed by atoms with van der Waals surface area (Å²) in [7, 11) is 1.60. The van der Waals surface area contributed by atoms with Crippen molar-refractivity contribution in [3.8, 4) is 0 Å². The molecule has 1 aliphatic rings. The van der Waals surface area contributed by atoms with Crippen LogP contribution in [0.4, 0.5) is 0 Å². The lowest BCUT2D eigenvalue weighted by Gasteiger charge is -2.14. The summed E-state index contributed by atoms with van der Waals surface area (Å²) in [4.78, 5) is 24.5. The van der Waals surface area contributed by atoms with E-state index in [1.807, 2.05) is 6.92 Å². The number of methoxy groups -OCH3 is 1. The maximum atomic E-state index is 11.7. The van der Waals surface area contributed by atoms with Crippen LogP contribution < -0.4 is 5.32 Å². The second-order valence-corrected chi connectivity index (χ2v) is 3.59. The van der Waals surface area contributed by atoms with Crippen LogP contribution in [-0.4, -0.2) is 49.6 Å². The molecule has 15 heavy (non-hydrogen) atoms. The second kappa shape index (κ2) is 5.82. The molecule has 5 nitrogen and oxygen atoms in total. The Morgan fingerprint density at radius 1 is 1.53 bits per heavy atom. The van der Waals surface area contributed by atoms with Crippen molar-refractivity contribution in [3.05, 3.63) is 0 Å². The van der Waals surface area contributed by atoms with Crippen molar-refractivity contribution in [1.29, 1.82) is 0 Å². The van der Waals surface area contributed by atoms with Gasteiger partial charge < -0.3 is 10.1 Å². The number of carbonyl (C=O) groups is 2. The van der Waals surface area contributed by atoms with Crippen molar-refractivity contribution in [3.63, 3.8) is 0 Å². The molecule has 0 spiro atoms. The fraction of sp³-hybridized carbons (Fsp3) is 0.800. The fourth-order valence-corrected chi connectivity index (χ4v) is 1.64. The molecule has 1 atom stereocenters. The molecule has 0 aromatic rings. The lowest BCUT2D eigenvalue weighted by molar-refractivity contribution is -0.138. The molecule has 0 saturated carbocycles. The Morgan fingerprint density at radius 2 is 2.27 bits per heavy atom. The van der Waals surface area contributed by atoms with E-state index >= 15 is 0 Å². The van der Waals surface area contributed by atoms with E-state index in [0.29, 0.717) is 19.7 Å². The van der Waals surface area contributed by atoms with Crippen molar-refractivity contribution in [2.45, 2.75) is 25.8 Å². The second-order valence-electron chi connectivity index (χ2n) is 3.59. The summed E-state index contributed by atoms with van der Waals surface area (Å²) < 4.78 is 4.87. The molecule has 86 valence electrons. The summed E-state index contributed by atoms with van der Waals surface area (Å²) in [5.74, 6) is -0.172. The lowest BCUT2D eigenvalue weighted by Crippen LogP contribution is -2.40. The Hall–Kier alpha value is -0.940. The Bertz CT molecular complexity index is 243. The van der Waals surface area contributed by atoms with E-state index in [0.717, 1.165) is 6.42 Å². The predicted octanol–water partition coefficient (Wildman–Crippen LogP) is -0.240. The van der Waals surface area contributed by atoms with E-state index in [-0.39, 0.29) is 24.3 Å². The number of amides is 2. The summed E-state index contributed by atoms with van der Waals surface area (Å²) in [6, 6.07) is -0.348. The SMILES string of the molecule is CCCN1C(=O)CC(NCCOC)C1=O. The normalized spacial score (nSPS) is 21.5. The smallest absolute Gasteiger partial charge is 0.246 e. The zero-order valence-electron chi connectivity index (χ0n) is 9.28. The van der Waals surface area contributed by atoms with Gasteiger partial charge in [0.05, 0.1) is 19.1 Å². The van der Waals surface area contributed by atoms with Gasteiger partial charge in [-0.15, -0.1) is 0 Å². The number of nitrogens with zero attached hydrogens (tertiary/aromatic N) is 1. The molecule has 0 aromatic heterocycles. The molecule has 1 saturated heterocycles. The molecule has 1 N–H and O–H groups in total. The van der Waals surface area contributed by atoms with E-state index in [1.165, 1.54) is 4.90 Å². The summed E-state index contributed by atoms with van der Waals surface area (Å²) >= 11 is 0. The topological polar surface area (TPSA) is 58.6 Å². The molecule has 0 aliphatic carbocycles. The van der Waals surface area contributed by atoms with Gasteiger partial charge in [-0.1, -0.05) is 6.92 Å².